The molecule has 3 aromatic rings. The standard InChI is InChI=1S/C20H17F3N2O3S/c1-12-16(13(2)28-25-12)11-27-15-7-5-6-14(10-15)19(26)24-17-8-3-4-9-18(17)29-20(21,22)23/h3-10H,11H2,1-2H3,(H,24,26). The zero-order chi connectivity index (χ0) is 21.0. The normalized spacial score (nSPS) is 11.3. The van der Waals surface area contributed by atoms with Gasteiger partial charge in [0.1, 0.15) is 18.1 Å². The number of thioether (sulfide) groups is 1. The minimum Gasteiger partial charge on any atom is -0.489 e. The molecule has 152 valence electrons. The van der Waals surface area contributed by atoms with Gasteiger partial charge in [-0.3, -0.25) is 4.79 Å². The Balaban J connectivity index is 1.72. The number of amides is 1. The van der Waals surface area contributed by atoms with E-state index in [0.717, 1.165) is 11.3 Å². The van der Waals surface area contributed by atoms with E-state index in [4.69, 9.17) is 9.26 Å². The van der Waals surface area contributed by atoms with Crippen LogP contribution in [0.25, 0.3) is 0 Å². The Labute approximate surface area is 169 Å². The largest absolute Gasteiger partial charge is 0.489 e. The number of hydrogen-bond donors (Lipinski definition) is 1. The van der Waals surface area contributed by atoms with Gasteiger partial charge in [0, 0.05) is 10.5 Å². The minimum atomic E-state index is -4.45. The highest BCUT2D eigenvalue weighted by atomic mass is 32.2. The van der Waals surface area contributed by atoms with Crippen molar-refractivity contribution in [1.29, 1.82) is 0 Å². The second-order valence-corrected chi connectivity index (χ2v) is 7.22. The van der Waals surface area contributed by atoms with E-state index < -0.39 is 11.4 Å². The van der Waals surface area contributed by atoms with Crippen LogP contribution in [0.15, 0.2) is 57.9 Å². The molecule has 1 aromatic heterocycles. The molecule has 2 aromatic carbocycles. The summed E-state index contributed by atoms with van der Waals surface area (Å²) < 4.78 is 48.9. The van der Waals surface area contributed by atoms with Crippen molar-refractivity contribution < 1.29 is 27.2 Å². The third-order valence-electron chi connectivity index (χ3n) is 4.02. The summed E-state index contributed by atoms with van der Waals surface area (Å²) in [7, 11) is 0. The van der Waals surface area contributed by atoms with Crippen LogP contribution in [-0.4, -0.2) is 16.6 Å². The van der Waals surface area contributed by atoms with Gasteiger partial charge in [0.25, 0.3) is 5.91 Å². The summed E-state index contributed by atoms with van der Waals surface area (Å²) in [6.45, 7) is 3.80. The number of carbonyl (C=O) groups is 1. The van der Waals surface area contributed by atoms with Crippen LogP contribution < -0.4 is 10.1 Å². The molecule has 0 saturated carbocycles. The first-order valence-corrected chi connectivity index (χ1v) is 9.35. The van der Waals surface area contributed by atoms with E-state index in [-0.39, 0.29) is 34.5 Å². The number of alkyl halides is 3. The van der Waals surface area contributed by atoms with Gasteiger partial charge in [-0.15, -0.1) is 0 Å². The van der Waals surface area contributed by atoms with Crippen molar-refractivity contribution in [2.45, 2.75) is 30.9 Å². The molecule has 0 radical (unpaired) electrons. The monoisotopic (exact) mass is 422 g/mol. The van der Waals surface area contributed by atoms with Crippen molar-refractivity contribution in [3.05, 3.63) is 71.1 Å². The number of para-hydroxylation sites is 1. The number of rotatable bonds is 6. The maximum atomic E-state index is 12.7. The Bertz CT molecular complexity index is 999. The lowest BCUT2D eigenvalue weighted by Crippen LogP contribution is -2.13. The van der Waals surface area contributed by atoms with E-state index in [9.17, 15) is 18.0 Å². The predicted molar refractivity (Wildman–Crippen MR) is 103 cm³/mol. The van der Waals surface area contributed by atoms with E-state index in [1.165, 1.54) is 24.3 Å². The summed E-state index contributed by atoms with van der Waals surface area (Å²) in [4.78, 5) is 12.5. The number of aryl methyl sites for hydroxylation is 2. The van der Waals surface area contributed by atoms with Crippen LogP contribution >= 0.6 is 11.8 Å². The van der Waals surface area contributed by atoms with Crippen molar-refractivity contribution in [2.24, 2.45) is 0 Å². The Morgan fingerprint density at radius 1 is 1.17 bits per heavy atom. The lowest BCUT2D eigenvalue weighted by atomic mass is 10.2. The van der Waals surface area contributed by atoms with Crippen molar-refractivity contribution in [3.8, 4) is 5.75 Å². The summed E-state index contributed by atoms with van der Waals surface area (Å²) in [5.74, 6) is 0.550. The first-order valence-electron chi connectivity index (χ1n) is 8.53. The van der Waals surface area contributed by atoms with E-state index in [2.05, 4.69) is 10.5 Å². The van der Waals surface area contributed by atoms with Gasteiger partial charge in [0.05, 0.1) is 16.9 Å². The van der Waals surface area contributed by atoms with Crippen LogP contribution in [0.2, 0.25) is 0 Å². The second kappa shape index (κ2) is 8.60. The van der Waals surface area contributed by atoms with Crippen molar-refractivity contribution in [3.63, 3.8) is 0 Å². The molecular weight excluding hydrogens is 405 g/mol. The summed E-state index contributed by atoms with van der Waals surface area (Å²) in [6, 6.07) is 12.1. The number of ether oxygens (including phenoxy) is 1. The summed E-state index contributed by atoms with van der Waals surface area (Å²) >= 11 is -0.277. The van der Waals surface area contributed by atoms with E-state index in [0.29, 0.717) is 11.5 Å². The molecule has 1 amide bonds. The number of aromatic nitrogens is 1. The lowest BCUT2D eigenvalue weighted by molar-refractivity contribution is -0.0328. The van der Waals surface area contributed by atoms with Crippen molar-refractivity contribution in [2.75, 3.05) is 5.32 Å². The van der Waals surface area contributed by atoms with E-state index in [1.54, 1.807) is 38.1 Å². The average molecular weight is 422 g/mol. The molecule has 1 heterocycles. The first-order chi connectivity index (χ1) is 13.7. The number of halogens is 3. The maximum Gasteiger partial charge on any atom is 0.446 e. The molecule has 0 aliphatic carbocycles. The zero-order valence-corrected chi connectivity index (χ0v) is 16.4. The fraction of sp³-hybridized carbons (Fsp3) is 0.200. The average Bonchev–Trinajstić information content (AvgIpc) is 2.98. The molecule has 5 nitrogen and oxygen atoms in total. The first kappa shape index (κ1) is 20.8. The topological polar surface area (TPSA) is 64.4 Å². The van der Waals surface area contributed by atoms with E-state index in [1.807, 2.05) is 0 Å². The third-order valence-corrected chi connectivity index (χ3v) is 4.83. The minimum absolute atomic E-state index is 0.0841. The highest BCUT2D eigenvalue weighted by Gasteiger charge is 2.30. The Hall–Kier alpha value is -2.94. The number of benzene rings is 2. The SMILES string of the molecule is Cc1noc(C)c1COc1cccc(C(=O)Nc2ccccc2SC(F)(F)F)c1. The second-order valence-electron chi connectivity index (χ2n) is 6.12. The Kier molecular flexibility index (Phi) is 6.17. The molecule has 0 aliphatic heterocycles. The van der Waals surface area contributed by atoms with Crippen LogP contribution in [0.3, 0.4) is 0 Å². The third kappa shape index (κ3) is 5.54. The van der Waals surface area contributed by atoms with Crippen LogP contribution in [0.4, 0.5) is 18.9 Å². The molecule has 29 heavy (non-hydrogen) atoms. The fourth-order valence-corrected chi connectivity index (χ4v) is 3.19. The Morgan fingerprint density at radius 2 is 1.93 bits per heavy atom. The number of anilines is 1. The van der Waals surface area contributed by atoms with Gasteiger partial charge in [-0.25, -0.2) is 0 Å². The summed E-state index contributed by atoms with van der Waals surface area (Å²) in [6.07, 6.45) is 0. The number of carbonyl (C=O) groups excluding carboxylic acids is 1. The molecule has 3 rings (SSSR count). The molecule has 0 fully saturated rings. The molecule has 1 N–H and O–H groups in total. The van der Waals surface area contributed by atoms with E-state index >= 15 is 0 Å². The van der Waals surface area contributed by atoms with Gasteiger partial charge < -0.3 is 14.6 Å². The van der Waals surface area contributed by atoms with Crippen LogP contribution in [0.1, 0.15) is 27.4 Å². The lowest BCUT2D eigenvalue weighted by Gasteiger charge is -2.13. The predicted octanol–water partition coefficient (Wildman–Crippen LogP) is 5.73. The molecule has 0 unspecified atom stereocenters. The van der Waals surface area contributed by atoms with Crippen molar-refractivity contribution >= 4 is 23.4 Å². The number of hydrogen-bond acceptors (Lipinski definition) is 5. The molecule has 0 aliphatic rings. The fourth-order valence-electron chi connectivity index (χ4n) is 2.57. The molecule has 9 heteroatoms. The van der Waals surface area contributed by atoms with Gasteiger partial charge in [0.15, 0.2) is 0 Å². The van der Waals surface area contributed by atoms with Gasteiger partial charge in [-0.2, -0.15) is 13.2 Å². The number of nitrogens with one attached hydrogen (secondary N) is 1. The summed E-state index contributed by atoms with van der Waals surface area (Å²) in [5.41, 5.74) is -2.57. The highest BCUT2D eigenvalue weighted by Crippen LogP contribution is 2.40. The smallest absolute Gasteiger partial charge is 0.446 e. The molecular formula is C20H17F3N2O3S. The highest BCUT2D eigenvalue weighted by molar-refractivity contribution is 8.00. The van der Waals surface area contributed by atoms with Gasteiger partial charge in [0.2, 0.25) is 0 Å². The van der Waals surface area contributed by atoms with Crippen LogP contribution in [0.5, 0.6) is 5.75 Å². The van der Waals surface area contributed by atoms with Crippen LogP contribution in [-0.2, 0) is 6.61 Å². The molecule has 0 spiro atoms. The van der Waals surface area contributed by atoms with Gasteiger partial charge in [-0.1, -0.05) is 23.4 Å². The zero-order valence-electron chi connectivity index (χ0n) is 15.5. The summed E-state index contributed by atoms with van der Waals surface area (Å²) in [5, 5.41) is 6.38. The molecule has 0 saturated heterocycles. The maximum absolute atomic E-state index is 12.7. The molecule has 0 bridgehead atoms. The van der Waals surface area contributed by atoms with Crippen molar-refractivity contribution in [1.82, 2.24) is 5.16 Å². The van der Waals surface area contributed by atoms with Gasteiger partial charge in [-0.05, 0) is 55.9 Å². The number of nitrogens with zero attached hydrogens (tertiary/aromatic N) is 1. The van der Waals surface area contributed by atoms with Gasteiger partial charge >= 0.3 is 5.51 Å². The van der Waals surface area contributed by atoms with Crippen LogP contribution in [0, 0.1) is 13.8 Å². The molecule has 0 atom stereocenters. The Morgan fingerprint density at radius 3 is 2.62 bits per heavy atom. The quantitative estimate of drug-likeness (QED) is 0.514.